The normalized spacial score (nSPS) is 19.7. The number of anilines is 1. The molecule has 1 heterocycles. The van der Waals surface area contributed by atoms with Crippen molar-refractivity contribution in [3.63, 3.8) is 0 Å². The molecular formula is C18H24N4O4. The minimum absolute atomic E-state index is 0.00294. The lowest BCUT2D eigenvalue weighted by Gasteiger charge is -2.40. The Morgan fingerprint density at radius 1 is 1.35 bits per heavy atom. The Hall–Kier alpha value is -2.74. The fourth-order valence-corrected chi connectivity index (χ4v) is 3.64. The Labute approximate surface area is 151 Å². The fourth-order valence-electron chi connectivity index (χ4n) is 3.64. The van der Waals surface area contributed by atoms with Gasteiger partial charge in [0.1, 0.15) is 17.0 Å². The number of piperidine rings is 1. The van der Waals surface area contributed by atoms with Gasteiger partial charge in [0, 0.05) is 17.8 Å². The van der Waals surface area contributed by atoms with Gasteiger partial charge in [-0.2, -0.15) is 0 Å². The second kappa shape index (κ2) is 7.65. The number of nitrogen functional groups attached to an aromatic ring is 1. The van der Waals surface area contributed by atoms with E-state index in [0.717, 1.165) is 0 Å². The van der Waals surface area contributed by atoms with Crippen LogP contribution in [0.25, 0.3) is 0 Å². The number of carboxylic acid groups (broad SMARTS) is 1. The number of carbonyl (C=O) groups excluding carboxylic acids is 2. The third-order valence-electron chi connectivity index (χ3n) is 5.07. The molecule has 140 valence electrons. The summed E-state index contributed by atoms with van der Waals surface area (Å²) in [5.74, 6) is -3.28. The summed E-state index contributed by atoms with van der Waals surface area (Å²) in [4.78, 5) is 38.8. The maximum Gasteiger partial charge on any atom is 0.318 e. The molecule has 0 aromatic heterocycles. The molecule has 1 aliphatic rings. The lowest BCUT2D eigenvalue weighted by atomic mass is 9.66. The predicted octanol–water partition coefficient (Wildman–Crippen LogP) is 0.722. The van der Waals surface area contributed by atoms with Crippen molar-refractivity contribution in [2.24, 2.45) is 22.8 Å². The molecule has 2 unspecified atom stereocenters. The van der Waals surface area contributed by atoms with Gasteiger partial charge < -0.3 is 21.5 Å². The summed E-state index contributed by atoms with van der Waals surface area (Å²) in [6.07, 6.45) is 0.829. The number of aliphatic carboxylic acids is 1. The minimum Gasteiger partial charge on any atom is -0.480 e. The van der Waals surface area contributed by atoms with E-state index in [1.807, 2.05) is 0 Å². The molecule has 8 nitrogen and oxygen atoms in total. The van der Waals surface area contributed by atoms with Crippen LogP contribution in [0.15, 0.2) is 24.3 Å². The predicted molar refractivity (Wildman–Crippen MR) is 97.0 cm³/mol. The molecule has 0 spiro atoms. The van der Waals surface area contributed by atoms with Gasteiger partial charge in [-0.3, -0.25) is 19.8 Å². The number of Topliss-reactive ketones (excluding diaryl/α,β-unsaturated/α-hetero) is 1. The smallest absolute Gasteiger partial charge is 0.318 e. The van der Waals surface area contributed by atoms with Crippen LogP contribution in [0, 0.1) is 16.7 Å². The zero-order valence-corrected chi connectivity index (χ0v) is 14.7. The number of hydrogen-bond donors (Lipinski definition) is 4. The molecule has 1 amide bonds. The maximum atomic E-state index is 13.1. The summed E-state index contributed by atoms with van der Waals surface area (Å²) < 4.78 is 0. The summed E-state index contributed by atoms with van der Waals surface area (Å²) in [6, 6.07) is 6.58. The first-order valence-corrected chi connectivity index (χ1v) is 8.46. The van der Waals surface area contributed by atoms with E-state index in [0.29, 0.717) is 30.6 Å². The van der Waals surface area contributed by atoms with Gasteiger partial charge in [0.15, 0.2) is 0 Å². The molecule has 2 atom stereocenters. The highest BCUT2D eigenvalue weighted by Crippen LogP contribution is 2.40. The lowest BCUT2D eigenvalue weighted by molar-refractivity contribution is -0.163. The molecule has 0 aliphatic carbocycles. The summed E-state index contributed by atoms with van der Waals surface area (Å²) in [5, 5.41) is 17.2. The summed E-state index contributed by atoms with van der Waals surface area (Å²) >= 11 is 0. The van der Waals surface area contributed by atoms with Crippen LogP contribution in [0.5, 0.6) is 0 Å². The Bertz CT molecular complexity index is 715. The second-order valence-electron chi connectivity index (χ2n) is 6.52. The largest absolute Gasteiger partial charge is 0.480 e. The van der Waals surface area contributed by atoms with Crippen molar-refractivity contribution in [3.8, 4) is 0 Å². The first-order valence-electron chi connectivity index (χ1n) is 8.46. The third kappa shape index (κ3) is 3.32. The molecular weight excluding hydrogens is 336 g/mol. The molecule has 2 rings (SSSR count). The SMILES string of the molecule is CC(=O)C(CCN)(C(=O)O)C1CCCN(c2ccc(C(=N)N)cc2)C1=O. The molecule has 1 saturated heterocycles. The number of rotatable bonds is 7. The number of carbonyl (C=O) groups is 3. The van der Waals surface area contributed by atoms with Gasteiger partial charge in [0.25, 0.3) is 0 Å². The van der Waals surface area contributed by atoms with E-state index >= 15 is 0 Å². The molecule has 0 bridgehead atoms. The molecule has 6 N–H and O–H groups in total. The molecule has 1 aliphatic heterocycles. The van der Waals surface area contributed by atoms with Gasteiger partial charge in [-0.05, 0) is 57.0 Å². The number of hydrogen-bond acceptors (Lipinski definition) is 5. The van der Waals surface area contributed by atoms with Gasteiger partial charge in [0.2, 0.25) is 5.91 Å². The number of ketones is 1. The Morgan fingerprint density at radius 2 is 1.96 bits per heavy atom. The van der Waals surface area contributed by atoms with E-state index in [2.05, 4.69) is 0 Å². The third-order valence-corrected chi connectivity index (χ3v) is 5.07. The van der Waals surface area contributed by atoms with Gasteiger partial charge in [-0.25, -0.2) is 0 Å². The van der Waals surface area contributed by atoms with Gasteiger partial charge >= 0.3 is 5.97 Å². The highest BCUT2D eigenvalue weighted by molar-refractivity contribution is 6.09. The molecule has 26 heavy (non-hydrogen) atoms. The van der Waals surface area contributed by atoms with Crippen LogP contribution < -0.4 is 16.4 Å². The minimum atomic E-state index is -1.80. The average molecular weight is 360 g/mol. The molecule has 1 fully saturated rings. The van der Waals surface area contributed by atoms with Crippen molar-refractivity contribution >= 4 is 29.2 Å². The Balaban J connectivity index is 2.40. The molecule has 8 heteroatoms. The quantitative estimate of drug-likeness (QED) is 0.319. The van der Waals surface area contributed by atoms with E-state index in [1.165, 1.54) is 11.8 Å². The van der Waals surface area contributed by atoms with Crippen LogP contribution in [0.3, 0.4) is 0 Å². The van der Waals surface area contributed by atoms with E-state index in [9.17, 15) is 19.5 Å². The topological polar surface area (TPSA) is 151 Å². The Kier molecular flexibility index (Phi) is 5.76. The summed E-state index contributed by atoms with van der Waals surface area (Å²) in [5.41, 5.74) is 10.3. The second-order valence-corrected chi connectivity index (χ2v) is 6.52. The van der Waals surface area contributed by atoms with Crippen LogP contribution in [-0.4, -0.2) is 41.7 Å². The highest BCUT2D eigenvalue weighted by atomic mass is 16.4. The van der Waals surface area contributed by atoms with Crippen LogP contribution >= 0.6 is 0 Å². The summed E-state index contributed by atoms with van der Waals surface area (Å²) in [6.45, 7) is 1.64. The first kappa shape index (κ1) is 19.6. The summed E-state index contributed by atoms with van der Waals surface area (Å²) in [7, 11) is 0. The van der Waals surface area contributed by atoms with Crippen molar-refractivity contribution in [1.82, 2.24) is 0 Å². The monoisotopic (exact) mass is 360 g/mol. The van der Waals surface area contributed by atoms with Crippen molar-refractivity contribution in [2.45, 2.75) is 26.2 Å². The highest BCUT2D eigenvalue weighted by Gasteiger charge is 2.54. The number of amides is 1. The van der Waals surface area contributed by atoms with Crippen molar-refractivity contribution in [1.29, 1.82) is 5.41 Å². The maximum absolute atomic E-state index is 13.1. The number of amidine groups is 1. The lowest BCUT2D eigenvalue weighted by Crippen LogP contribution is -2.55. The van der Waals surface area contributed by atoms with Crippen LogP contribution in [0.4, 0.5) is 5.69 Å². The molecule has 0 radical (unpaired) electrons. The van der Waals surface area contributed by atoms with Gasteiger partial charge in [0.05, 0.1) is 5.92 Å². The van der Waals surface area contributed by atoms with E-state index in [4.69, 9.17) is 16.9 Å². The number of carboxylic acids is 1. The van der Waals surface area contributed by atoms with Crippen molar-refractivity contribution in [2.75, 3.05) is 18.0 Å². The number of nitrogens with two attached hydrogens (primary N) is 2. The number of benzene rings is 1. The Morgan fingerprint density at radius 3 is 2.42 bits per heavy atom. The standard InChI is InChI=1S/C18H24N4O4/c1-11(23)18(8-9-19,17(25)26)14-3-2-10-22(16(14)24)13-6-4-12(5-7-13)15(20)21/h4-7,14H,2-3,8-10,19H2,1H3,(H3,20,21)(H,25,26). The van der Waals surface area contributed by atoms with E-state index in [1.54, 1.807) is 24.3 Å². The zero-order chi connectivity index (χ0) is 19.5. The molecule has 1 aromatic carbocycles. The van der Waals surface area contributed by atoms with Crippen molar-refractivity contribution in [3.05, 3.63) is 29.8 Å². The van der Waals surface area contributed by atoms with Crippen LogP contribution in [0.2, 0.25) is 0 Å². The van der Waals surface area contributed by atoms with Crippen LogP contribution in [0.1, 0.15) is 31.7 Å². The fraction of sp³-hybridized carbons (Fsp3) is 0.444. The number of nitrogens with zero attached hydrogens (tertiary/aromatic N) is 1. The van der Waals surface area contributed by atoms with Gasteiger partial charge in [-0.15, -0.1) is 0 Å². The molecule has 1 aromatic rings. The van der Waals surface area contributed by atoms with E-state index in [-0.39, 0.29) is 18.8 Å². The van der Waals surface area contributed by atoms with Gasteiger partial charge in [-0.1, -0.05) is 0 Å². The van der Waals surface area contributed by atoms with Crippen molar-refractivity contribution < 1.29 is 19.5 Å². The molecule has 0 saturated carbocycles. The van der Waals surface area contributed by atoms with E-state index < -0.39 is 29.0 Å². The van der Waals surface area contributed by atoms with Crippen LogP contribution in [-0.2, 0) is 14.4 Å². The number of nitrogens with one attached hydrogen (secondary N) is 1. The average Bonchev–Trinajstić information content (AvgIpc) is 2.59. The first-order chi connectivity index (χ1) is 12.3. The zero-order valence-electron chi connectivity index (χ0n) is 14.7.